The number of likely N-dealkylation sites (tertiary alicyclic amines) is 1. The number of hydrogen-bond acceptors (Lipinski definition) is 2. The van der Waals surface area contributed by atoms with Crippen LogP contribution in [0.2, 0.25) is 5.02 Å². The summed E-state index contributed by atoms with van der Waals surface area (Å²) in [7, 11) is 2.02. The van der Waals surface area contributed by atoms with Crippen molar-refractivity contribution in [3.05, 3.63) is 33.3 Å². The Morgan fingerprint density at radius 3 is 2.95 bits per heavy atom. The minimum atomic E-state index is 0.329. The van der Waals surface area contributed by atoms with Crippen molar-refractivity contribution in [3.8, 4) is 0 Å². The Bertz CT molecular complexity index is 452. The lowest BCUT2D eigenvalue weighted by molar-refractivity contribution is 0.299. The molecule has 1 saturated heterocycles. The molecule has 1 aliphatic heterocycles. The number of nitrogens with zero attached hydrogens (tertiary/aromatic N) is 1. The maximum Gasteiger partial charge on any atom is 0.0465 e. The summed E-state index contributed by atoms with van der Waals surface area (Å²) in [6, 6.07) is 6.50. The smallest absolute Gasteiger partial charge is 0.0465 e. The van der Waals surface area contributed by atoms with Crippen molar-refractivity contribution in [3.63, 3.8) is 0 Å². The molecule has 1 heterocycles. The molecule has 1 aromatic rings. The molecule has 1 aromatic carbocycles. The number of hydrogen-bond donors (Lipinski definition) is 1. The van der Waals surface area contributed by atoms with E-state index in [9.17, 15) is 0 Å². The van der Waals surface area contributed by atoms with E-state index in [-0.39, 0.29) is 0 Å². The van der Waals surface area contributed by atoms with Gasteiger partial charge in [0.15, 0.2) is 0 Å². The highest BCUT2D eigenvalue weighted by Gasteiger charge is 2.22. The Labute approximate surface area is 142 Å². The Kier molecular flexibility index (Phi) is 7.00. The molecule has 2 atom stereocenters. The lowest BCUT2D eigenvalue weighted by Crippen LogP contribution is -2.27. The Hall–Kier alpha value is -0.0900. The van der Waals surface area contributed by atoms with E-state index >= 15 is 0 Å². The Balaban J connectivity index is 1.88. The van der Waals surface area contributed by atoms with Crippen LogP contribution in [0.25, 0.3) is 0 Å². The van der Waals surface area contributed by atoms with Gasteiger partial charge in [0.2, 0.25) is 0 Å². The summed E-state index contributed by atoms with van der Waals surface area (Å²) >= 11 is 9.85. The number of halogens is 2. The van der Waals surface area contributed by atoms with E-state index < -0.39 is 0 Å². The molecule has 0 aliphatic carbocycles. The van der Waals surface area contributed by atoms with Crippen LogP contribution < -0.4 is 5.32 Å². The third-order valence-corrected chi connectivity index (χ3v) is 5.31. The summed E-state index contributed by atoms with van der Waals surface area (Å²) in [5.41, 5.74) is 1.20. The second kappa shape index (κ2) is 8.52. The van der Waals surface area contributed by atoms with E-state index in [1.807, 2.05) is 13.1 Å². The summed E-state index contributed by atoms with van der Waals surface area (Å²) < 4.78 is 1.04. The van der Waals surface area contributed by atoms with Crippen molar-refractivity contribution < 1.29 is 0 Å². The fourth-order valence-corrected chi connectivity index (χ4v) is 4.12. The molecule has 1 fully saturated rings. The first kappa shape index (κ1) is 17.3. The van der Waals surface area contributed by atoms with Gasteiger partial charge in [0.05, 0.1) is 0 Å². The third kappa shape index (κ3) is 4.95. The average molecular weight is 374 g/mol. The summed E-state index contributed by atoms with van der Waals surface area (Å²) in [5.74, 6) is 0.916. The van der Waals surface area contributed by atoms with Crippen LogP contribution in [0.3, 0.4) is 0 Å². The first-order chi connectivity index (χ1) is 10.1. The molecule has 118 valence electrons. The maximum absolute atomic E-state index is 6.38. The molecular weight excluding hydrogens is 348 g/mol. The van der Waals surface area contributed by atoms with Gasteiger partial charge in [0, 0.05) is 22.1 Å². The normalized spacial score (nSPS) is 20.9. The average Bonchev–Trinajstić information content (AvgIpc) is 2.89. The van der Waals surface area contributed by atoms with E-state index in [1.54, 1.807) is 0 Å². The molecule has 4 heteroatoms. The molecule has 0 bridgehead atoms. The standard InChI is InChI=1S/C17H26BrClN2/c1-3-4-13-7-9-21(12-13)10-8-17(20-2)15-6-5-14(18)11-16(15)19/h5-6,11,13,17,20H,3-4,7-10,12H2,1-2H3. The molecule has 0 aromatic heterocycles. The van der Waals surface area contributed by atoms with Gasteiger partial charge in [-0.2, -0.15) is 0 Å². The van der Waals surface area contributed by atoms with Crippen LogP contribution in [0, 0.1) is 5.92 Å². The van der Waals surface area contributed by atoms with Crippen molar-refractivity contribution in [2.75, 3.05) is 26.7 Å². The van der Waals surface area contributed by atoms with Gasteiger partial charge in [0.25, 0.3) is 0 Å². The van der Waals surface area contributed by atoms with Gasteiger partial charge in [-0.05, 0) is 63.0 Å². The molecule has 0 amide bonds. The van der Waals surface area contributed by atoms with Gasteiger partial charge in [-0.1, -0.05) is 46.9 Å². The molecule has 1 aliphatic rings. The lowest BCUT2D eigenvalue weighted by atomic mass is 10.0. The van der Waals surface area contributed by atoms with E-state index in [0.29, 0.717) is 6.04 Å². The lowest BCUT2D eigenvalue weighted by Gasteiger charge is -2.22. The molecule has 2 rings (SSSR count). The van der Waals surface area contributed by atoms with Crippen molar-refractivity contribution in [1.29, 1.82) is 0 Å². The van der Waals surface area contributed by atoms with Crippen molar-refractivity contribution in [2.24, 2.45) is 5.92 Å². The van der Waals surface area contributed by atoms with Crippen LogP contribution >= 0.6 is 27.5 Å². The predicted octanol–water partition coefficient (Wildman–Crippen LogP) is 4.88. The third-order valence-electron chi connectivity index (χ3n) is 4.49. The first-order valence-corrected chi connectivity index (χ1v) is 9.15. The van der Waals surface area contributed by atoms with Gasteiger partial charge in [0.1, 0.15) is 0 Å². The SMILES string of the molecule is CCCC1CCN(CCC(NC)c2ccc(Br)cc2Cl)C1. The van der Waals surface area contributed by atoms with Crippen LogP contribution in [0.4, 0.5) is 0 Å². The zero-order chi connectivity index (χ0) is 15.2. The minimum absolute atomic E-state index is 0.329. The summed E-state index contributed by atoms with van der Waals surface area (Å²) in [6.45, 7) is 5.97. The van der Waals surface area contributed by atoms with Crippen molar-refractivity contribution >= 4 is 27.5 Å². The van der Waals surface area contributed by atoms with Gasteiger partial charge in [-0.15, -0.1) is 0 Å². The molecule has 2 nitrogen and oxygen atoms in total. The van der Waals surface area contributed by atoms with Crippen molar-refractivity contribution in [1.82, 2.24) is 10.2 Å². The van der Waals surface area contributed by atoms with Gasteiger partial charge < -0.3 is 10.2 Å². The second-order valence-corrected chi connectivity index (χ2v) is 7.36. The predicted molar refractivity (Wildman–Crippen MR) is 95.0 cm³/mol. The van der Waals surface area contributed by atoms with Crippen molar-refractivity contribution in [2.45, 2.75) is 38.6 Å². The molecule has 0 spiro atoms. The Morgan fingerprint density at radius 2 is 2.29 bits per heavy atom. The fourth-order valence-electron chi connectivity index (χ4n) is 3.31. The largest absolute Gasteiger partial charge is 0.313 e. The van der Waals surface area contributed by atoms with Crippen LogP contribution in [0.5, 0.6) is 0 Å². The molecule has 0 saturated carbocycles. The van der Waals surface area contributed by atoms with E-state index in [0.717, 1.165) is 28.4 Å². The zero-order valence-corrected chi connectivity index (χ0v) is 15.4. The highest BCUT2D eigenvalue weighted by atomic mass is 79.9. The molecule has 2 unspecified atom stereocenters. The Morgan fingerprint density at radius 1 is 1.48 bits per heavy atom. The molecule has 0 radical (unpaired) electrons. The number of rotatable bonds is 7. The van der Waals surface area contributed by atoms with Crippen LogP contribution in [0.1, 0.15) is 44.2 Å². The highest BCUT2D eigenvalue weighted by molar-refractivity contribution is 9.10. The summed E-state index contributed by atoms with van der Waals surface area (Å²) in [6.07, 6.45) is 5.17. The topological polar surface area (TPSA) is 15.3 Å². The highest BCUT2D eigenvalue weighted by Crippen LogP contribution is 2.29. The summed E-state index contributed by atoms with van der Waals surface area (Å²) in [5, 5.41) is 4.25. The summed E-state index contributed by atoms with van der Waals surface area (Å²) in [4.78, 5) is 2.61. The molecular formula is C17H26BrClN2. The zero-order valence-electron chi connectivity index (χ0n) is 13.0. The minimum Gasteiger partial charge on any atom is -0.313 e. The van der Waals surface area contributed by atoms with E-state index in [1.165, 1.54) is 37.9 Å². The van der Waals surface area contributed by atoms with Crippen LogP contribution in [-0.4, -0.2) is 31.6 Å². The maximum atomic E-state index is 6.38. The number of benzene rings is 1. The second-order valence-electron chi connectivity index (χ2n) is 6.04. The fraction of sp³-hybridized carbons (Fsp3) is 0.647. The molecule has 21 heavy (non-hydrogen) atoms. The van der Waals surface area contributed by atoms with Gasteiger partial charge in [-0.25, -0.2) is 0 Å². The van der Waals surface area contributed by atoms with E-state index in [4.69, 9.17) is 11.6 Å². The quantitative estimate of drug-likeness (QED) is 0.733. The molecule has 1 N–H and O–H groups in total. The monoisotopic (exact) mass is 372 g/mol. The van der Waals surface area contributed by atoms with Crippen LogP contribution in [0.15, 0.2) is 22.7 Å². The van der Waals surface area contributed by atoms with Gasteiger partial charge >= 0.3 is 0 Å². The van der Waals surface area contributed by atoms with Gasteiger partial charge in [-0.3, -0.25) is 0 Å². The van der Waals surface area contributed by atoms with Crippen LogP contribution in [-0.2, 0) is 0 Å². The first-order valence-electron chi connectivity index (χ1n) is 7.98. The van der Waals surface area contributed by atoms with E-state index in [2.05, 4.69) is 45.2 Å². The number of nitrogens with one attached hydrogen (secondary N) is 1.